The number of benzene rings is 4. The number of halogens is 1. The van der Waals surface area contributed by atoms with Gasteiger partial charge in [0, 0.05) is 22.9 Å². The Bertz CT molecular complexity index is 1480. The van der Waals surface area contributed by atoms with E-state index in [2.05, 4.69) is 34.2 Å². The molecule has 5 aromatic rings. The zero-order chi connectivity index (χ0) is 23.5. The minimum Gasteiger partial charge on any atom is -0.496 e. The molecule has 0 unspecified atom stereocenters. The Labute approximate surface area is 203 Å². The minimum absolute atomic E-state index is 0.638. The summed E-state index contributed by atoms with van der Waals surface area (Å²) in [5.74, 6) is 1.39. The summed E-state index contributed by atoms with van der Waals surface area (Å²) in [6.45, 7) is 0. The van der Waals surface area contributed by atoms with Crippen molar-refractivity contribution in [3.8, 4) is 33.9 Å². The number of aromatic amines is 1. The van der Waals surface area contributed by atoms with Crippen molar-refractivity contribution in [3.63, 3.8) is 0 Å². The van der Waals surface area contributed by atoms with Gasteiger partial charge in [0.15, 0.2) is 0 Å². The first-order valence-electron chi connectivity index (χ1n) is 10.9. The molecule has 0 atom stereocenters. The van der Waals surface area contributed by atoms with Gasteiger partial charge in [-0.1, -0.05) is 78.3 Å². The van der Waals surface area contributed by atoms with E-state index in [4.69, 9.17) is 21.1 Å². The maximum Gasteiger partial charge on any atom is 0.133 e. The van der Waals surface area contributed by atoms with Crippen LogP contribution in [0, 0.1) is 0 Å². The summed E-state index contributed by atoms with van der Waals surface area (Å²) in [7, 11) is 3.33. The van der Waals surface area contributed by atoms with E-state index in [1.165, 1.54) is 0 Å². The molecule has 1 N–H and O–H groups in total. The van der Waals surface area contributed by atoms with Crippen LogP contribution in [0.15, 0.2) is 96.0 Å². The van der Waals surface area contributed by atoms with E-state index in [0.717, 1.165) is 50.3 Å². The average Bonchev–Trinajstić information content (AvgIpc) is 3.29. The number of H-pyrrole nitrogens is 1. The van der Waals surface area contributed by atoms with E-state index in [1.807, 2.05) is 72.9 Å². The second-order valence-electron chi connectivity index (χ2n) is 7.79. The number of aromatic nitrogens is 1. The number of nitrogens with one attached hydrogen (secondary N) is 1. The molecule has 4 nitrogen and oxygen atoms in total. The summed E-state index contributed by atoms with van der Waals surface area (Å²) < 4.78 is 11.6. The van der Waals surface area contributed by atoms with E-state index in [0.29, 0.717) is 10.8 Å². The third kappa shape index (κ3) is 4.04. The second kappa shape index (κ2) is 9.46. The predicted molar refractivity (Wildman–Crippen MR) is 141 cm³/mol. The molecular formula is C29H23ClN2O2. The molecule has 0 spiro atoms. The van der Waals surface area contributed by atoms with Crippen molar-refractivity contribution in [2.45, 2.75) is 0 Å². The summed E-state index contributed by atoms with van der Waals surface area (Å²) in [6, 6.07) is 30.0. The highest BCUT2D eigenvalue weighted by Gasteiger charge is 2.23. The molecule has 1 heterocycles. The molecule has 34 heavy (non-hydrogen) atoms. The molecule has 4 aromatic carbocycles. The standard InChI is InChI=1S/C29H23ClN2O2/c1-33-24-17-25(34-2)27-26(19-10-5-3-6-11-19)28(20-12-7-4-8-13-20)32-29(27)23(24)18-31-22-15-9-14-21(30)16-22/h3-18,32H,1-2H3. The molecule has 5 heteroatoms. The van der Waals surface area contributed by atoms with Gasteiger partial charge in [-0.2, -0.15) is 0 Å². The molecule has 1 aromatic heterocycles. The van der Waals surface area contributed by atoms with Crippen molar-refractivity contribution >= 4 is 34.4 Å². The zero-order valence-electron chi connectivity index (χ0n) is 18.9. The lowest BCUT2D eigenvalue weighted by molar-refractivity contribution is 0.397. The average molecular weight is 467 g/mol. The molecule has 0 aliphatic rings. The van der Waals surface area contributed by atoms with Crippen molar-refractivity contribution in [2.75, 3.05) is 14.2 Å². The monoisotopic (exact) mass is 466 g/mol. The Balaban J connectivity index is 1.84. The fraction of sp³-hybridized carbons (Fsp3) is 0.0690. The minimum atomic E-state index is 0.638. The van der Waals surface area contributed by atoms with E-state index < -0.39 is 0 Å². The molecular weight excluding hydrogens is 444 g/mol. The lowest BCUT2D eigenvalue weighted by Gasteiger charge is -2.12. The largest absolute Gasteiger partial charge is 0.496 e. The second-order valence-corrected chi connectivity index (χ2v) is 8.23. The lowest BCUT2D eigenvalue weighted by atomic mass is 9.97. The first kappa shape index (κ1) is 21.8. The van der Waals surface area contributed by atoms with Gasteiger partial charge in [-0.25, -0.2) is 0 Å². The van der Waals surface area contributed by atoms with Crippen LogP contribution in [0.2, 0.25) is 5.02 Å². The number of methoxy groups -OCH3 is 2. The zero-order valence-corrected chi connectivity index (χ0v) is 19.6. The molecule has 5 rings (SSSR count). The molecule has 0 saturated heterocycles. The number of hydrogen-bond acceptors (Lipinski definition) is 3. The number of fused-ring (bicyclic) bond motifs is 1. The molecule has 168 valence electrons. The van der Waals surface area contributed by atoms with Gasteiger partial charge in [-0.05, 0) is 29.3 Å². The Hall–Kier alpha value is -4.02. The predicted octanol–water partition coefficient (Wildman–Crippen LogP) is 7.92. The first-order valence-corrected chi connectivity index (χ1v) is 11.3. The fourth-order valence-electron chi connectivity index (χ4n) is 4.21. The van der Waals surface area contributed by atoms with E-state index >= 15 is 0 Å². The lowest BCUT2D eigenvalue weighted by Crippen LogP contribution is -1.95. The molecule has 0 radical (unpaired) electrons. The number of ether oxygens (including phenoxy) is 2. The molecule has 0 aliphatic heterocycles. The van der Waals surface area contributed by atoms with Crippen LogP contribution in [0.5, 0.6) is 11.5 Å². The number of nitrogens with zero attached hydrogens (tertiary/aromatic N) is 1. The summed E-state index contributed by atoms with van der Waals surface area (Å²) in [5, 5.41) is 1.61. The van der Waals surface area contributed by atoms with Gasteiger partial charge in [-0.3, -0.25) is 4.99 Å². The Morgan fingerprint density at radius 2 is 1.44 bits per heavy atom. The fourth-order valence-corrected chi connectivity index (χ4v) is 4.39. The molecule has 0 amide bonds. The maximum absolute atomic E-state index is 6.16. The van der Waals surface area contributed by atoms with Crippen molar-refractivity contribution in [1.82, 2.24) is 4.98 Å². The topological polar surface area (TPSA) is 46.6 Å². The van der Waals surface area contributed by atoms with Crippen LogP contribution in [-0.4, -0.2) is 25.4 Å². The van der Waals surface area contributed by atoms with Crippen LogP contribution in [-0.2, 0) is 0 Å². The van der Waals surface area contributed by atoms with E-state index in [1.54, 1.807) is 14.2 Å². The van der Waals surface area contributed by atoms with Gasteiger partial charge >= 0.3 is 0 Å². The van der Waals surface area contributed by atoms with Crippen molar-refractivity contribution in [1.29, 1.82) is 0 Å². The van der Waals surface area contributed by atoms with Crippen molar-refractivity contribution in [2.24, 2.45) is 4.99 Å². The highest BCUT2D eigenvalue weighted by molar-refractivity contribution is 6.30. The van der Waals surface area contributed by atoms with Gasteiger partial charge in [0.1, 0.15) is 11.5 Å². The third-order valence-corrected chi connectivity index (χ3v) is 5.99. The Morgan fingerprint density at radius 1 is 0.765 bits per heavy atom. The van der Waals surface area contributed by atoms with Gasteiger partial charge in [-0.15, -0.1) is 0 Å². The van der Waals surface area contributed by atoms with Crippen LogP contribution in [0.25, 0.3) is 33.3 Å². The highest BCUT2D eigenvalue weighted by Crippen LogP contribution is 2.45. The highest BCUT2D eigenvalue weighted by atomic mass is 35.5. The summed E-state index contributed by atoms with van der Waals surface area (Å²) >= 11 is 6.16. The first-order chi connectivity index (χ1) is 16.7. The summed E-state index contributed by atoms with van der Waals surface area (Å²) in [6.07, 6.45) is 1.81. The number of aliphatic imine (C=N–C) groups is 1. The van der Waals surface area contributed by atoms with Crippen LogP contribution in [0.3, 0.4) is 0 Å². The molecule has 0 bridgehead atoms. The quantitative estimate of drug-likeness (QED) is 0.258. The smallest absolute Gasteiger partial charge is 0.133 e. The summed E-state index contributed by atoms with van der Waals surface area (Å²) in [5.41, 5.74) is 6.73. The van der Waals surface area contributed by atoms with Gasteiger partial charge in [0.2, 0.25) is 0 Å². The van der Waals surface area contributed by atoms with Gasteiger partial charge in [0.05, 0.1) is 42.1 Å². The van der Waals surface area contributed by atoms with Crippen molar-refractivity contribution in [3.05, 3.63) is 102 Å². The Kier molecular flexibility index (Phi) is 6.07. The SMILES string of the molecule is COc1cc(OC)c2c(-c3ccccc3)c(-c3ccccc3)[nH]c2c1C=Nc1cccc(Cl)c1. The number of rotatable bonds is 6. The van der Waals surface area contributed by atoms with Crippen LogP contribution < -0.4 is 9.47 Å². The van der Waals surface area contributed by atoms with Crippen LogP contribution in [0.4, 0.5) is 5.69 Å². The van der Waals surface area contributed by atoms with Crippen LogP contribution in [0.1, 0.15) is 5.56 Å². The van der Waals surface area contributed by atoms with E-state index in [-0.39, 0.29) is 0 Å². The number of hydrogen-bond donors (Lipinski definition) is 1. The summed E-state index contributed by atoms with van der Waals surface area (Å²) in [4.78, 5) is 8.35. The molecule has 0 fully saturated rings. The van der Waals surface area contributed by atoms with Crippen LogP contribution >= 0.6 is 11.6 Å². The molecule has 0 saturated carbocycles. The van der Waals surface area contributed by atoms with Gasteiger partial charge in [0.25, 0.3) is 0 Å². The van der Waals surface area contributed by atoms with Crippen molar-refractivity contribution < 1.29 is 9.47 Å². The third-order valence-electron chi connectivity index (χ3n) is 5.76. The maximum atomic E-state index is 6.16. The normalized spacial score (nSPS) is 11.3. The Morgan fingerprint density at radius 3 is 2.09 bits per heavy atom. The van der Waals surface area contributed by atoms with Gasteiger partial charge < -0.3 is 14.5 Å². The van der Waals surface area contributed by atoms with E-state index in [9.17, 15) is 0 Å². The molecule has 0 aliphatic carbocycles.